The Morgan fingerprint density at radius 1 is 1.32 bits per heavy atom. The van der Waals surface area contributed by atoms with Crippen molar-refractivity contribution >= 4 is 23.2 Å². The van der Waals surface area contributed by atoms with Crippen LogP contribution in [-0.4, -0.2) is 18.5 Å². The molecule has 5 heteroatoms. The van der Waals surface area contributed by atoms with E-state index in [9.17, 15) is 9.18 Å². The van der Waals surface area contributed by atoms with E-state index in [1.807, 2.05) is 0 Å². The maximum atomic E-state index is 13.4. The Kier molecular flexibility index (Phi) is 5.02. The second-order valence-electron chi connectivity index (χ2n) is 4.88. The van der Waals surface area contributed by atoms with E-state index in [1.165, 1.54) is 37.5 Å². The molecule has 0 aliphatic heterocycles. The summed E-state index contributed by atoms with van der Waals surface area (Å²) in [4.78, 5) is 11.8. The monoisotopic (exact) mass is 284 g/mol. The van der Waals surface area contributed by atoms with Crippen LogP contribution in [0.25, 0.3) is 0 Å². The van der Waals surface area contributed by atoms with E-state index < -0.39 is 5.82 Å². The van der Waals surface area contributed by atoms with Crippen molar-refractivity contribution in [1.82, 2.24) is 5.32 Å². The van der Waals surface area contributed by atoms with Crippen molar-refractivity contribution in [3.63, 3.8) is 0 Å². The van der Waals surface area contributed by atoms with Crippen molar-refractivity contribution in [3.8, 4) is 0 Å². The van der Waals surface area contributed by atoms with Crippen molar-refractivity contribution < 1.29 is 9.18 Å². The number of anilines is 1. The fraction of sp³-hybridized carbons (Fsp3) is 0.500. The van der Waals surface area contributed by atoms with Gasteiger partial charge in [0.15, 0.2) is 0 Å². The van der Waals surface area contributed by atoms with Gasteiger partial charge in [-0.05, 0) is 31.0 Å². The topological polar surface area (TPSA) is 41.1 Å². The molecule has 1 fully saturated rings. The predicted octanol–water partition coefficient (Wildman–Crippen LogP) is 3.34. The summed E-state index contributed by atoms with van der Waals surface area (Å²) in [6.07, 6.45) is 5.66. The van der Waals surface area contributed by atoms with E-state index in [1.54, 1.807) is 0 Å². The summed E-state index contributed by atoms with van der Waals surface area (Å²) >= 11 is 5.78. The fourth-order valence-corrected chi connectivity index (χ4v) is 2.51. The number of nitrogens with one attached hydrogen (secondary N) is 2. The molecule has 2 rings (SSSR count). The van der Waals surface area contributed by atoms with Gasteiger partial charge in [-0.25, -0.2) is 4.39 Å². The third-order valence-corrected chi connectivity index (χ3v) is 3.57. The van der Waals surface area contributed by atoms with Gasteiger partial charge in [0, 0.05) is 11.1 Å². The molecule has 0 aromatic heterocycles. The van der Waals surface area contributed by atoms with E-state index >= 15 is 0 Å². The van der Waals surface area contributed by atoms with E-state index in [2.05, 4.69) is 10.6 Å². The van der Waals surface area contributed by atoms with Crippen LogP contribution in [0.1, 0.15) is 32.1 Å². The molecule has 0 heterocycles. The standard InChI is InChI=1S/C14H18ClFN2O/c15-10-6-7-12(16)13(8-10)17-9-14(19)18-11-4-2-1-3-5-11/h6-8,11,17H,1-5,9H2,(H,18,19). The first-order chi connectivity index (χ1) is 9.15. The molecular formula is C14H18ClFN2O. The van der Waals surface area contributed by atoms with Gasteiger partial charge in [-0.3, -0.25) is 4.79 Å². The summed E-state index contributed by atoms with van der Waals surface area (Å²) in [7, 11) is 0. The lowest BCUT2D eigenvalue weighted by Crippen LogP contribution is -2.39. The van der Waals surface area contributed by atoms with Gasteiger partial charge in [-0.2, -0.15) is 0 Å². The van der Waals surface area contributed by atoms with Crippen molar-refractivity contribution in [2.24, 2.45) is 0 Å². The molecule has 1 aliphatic rings. The Morgan fingerprint density at radius 2 is 2.05 bits per heavy atom. The summed E-state index contributed by atoms with van der Waals surface area (Å²) in [5.74, 6) is -0.513. The first-order valence-electron chi connectivity index (χ1n) is 6.63. The molecule has 2 N–H and O–H groups in total. The van der Waals surface area contributed by atoms with E-state index in [4.69, 9.17) is 11.6 Å². The van der Waals surface area contributed by atoms with E-state index in [0.29, 0.717) is 5.02 Å². The molecule has 1 saturated carbocycles. The van der Waals surface area contributed by atoms with Gasteiger partial charge in [0.05, 0.1) is 12.2 Å². The van der Waals surface area contributed by atoms with Crippen molar-refractivity contribution in [1.29, 1.82) is 0 Å². The zero-order chi connectivity index (χ0) is 13.7. The van der Waals surface area contributed by atoms with Crippen LogP contribution in [0.15, 0.2) is 18.2 Å². The zero-order valence-corrected chi connectivity index (χ0v) is 11.5. The Balaban J connectivity index is 1.81. The number of hydrogen-bond acceptors (Lipinski definition) is 2. The maximum absolute atomic E-state index is 13.4. The molecule has 3 nitrogen and oxygen atoms in total. The number of hydrogen-bond donors (Lipinski definition) is 2. The van der Waals surface area contributed by atoms with Gasteiger partial charge >= 0.3 is 0 Å². The molecule has 0 bridgehead atoms. The molecule has 0 atom stereocenters. The van der Waals surface area contributed by atoms with Crippen LogP contribution < -0.4 is 10.6 Å². The highest BCUT2D eigenvalue weighted by molar-refractivity contribution is 6.30. The van der Waals surface area contributed by atoms with Gasteiger partial charge in [0.2, 0.25) is 5.91 Å². The zero-order valence-electron chi connectivity index (χ0n) is 10.7. The molecule has 1 aliphatic carbocycles. The molecule has 0 radical (unpaired) electrons. The molecule has 0 saturated heterocycles. The number of amides is 1. The Labute approximate surface area is 117 Å². The summed E-state index contributed by atoms with van der Waals surface area (Å²) in [6, 6.07) is 4.51. The second-order valence-corrected chi connectivity index (χ2v) is 5.32. The molecule has 1 aromatic rings. The normalized spacial score (nSPS) is 16.1. The maximum Gasteiger partial charge on any atom is 0.239 e. The summed E-state index contributed by atoms with van der Waals surface area (Å²) in [5.41, 5.74) is 0.256. The molecule has 0 spiro atoms. The van der Waals surface area contributed by atoms with E-state index in [0.717, 1.165) is 12.8 Å². The van der Waals surface area contributed by atoms with Crippen LogP contribution in [0.4, 0.5) is 10.1 Å². The number of benzene rings is 1. The highest BCUT2D eigenvalue weighted by atomic mass is 35.5. The average molecular weight is 285 g/mol. The highest BCUT2D eigenvalue weighted by Crippen LogP contribution is 2.19. The lowest BCUT2D eigenvalue weighted by Gasteiger charge is -2.22. The summed E-state index contributed by atoms with van der Waals surface area (Å²) in [6.45, 7) is 0.0633. The molecule has 104 valence electrons. The summed E-state index contributed by atoms with van der Waals surface area (Å²) in [5, 5.41) is 6.18. The Morgan fingerprint density at radius 3 is 2.79 bits per heavy atom. The van der Waals surface area contributed by atoms with Gasteiger partial charge in [-0.15, -0.1) is 0 Å². The van der Waals surface area contributed by atoms with Crippen LogP contribution >= 0.6 is 11.6 Å². The SMILES string of the molecule is O=C(CNc1cc(Cl)ccc1F)NC1CCCCC1. The number of carbonyl (C=O) groups excluding carboxylic acids is 1. The van der Waals surface area contributed by atoms with Crippen LogP contribution in [0.5, 0.6) is 0 Å². The van der Waals surface area contributed by atoms with Gasteiger partial charge < -0.3 is 10.6 Å². The predicted molar refractivity (Wildman–Crippen MR) is 74.9 cm³/mol. The van der Waals surface area contributed by atoms with Crippen LogP contribution in [0.3, 0.4) is 0 Å². The Hall–Kier alpha value is -1.29. The van der Waals surface area contributed by atoms with Gasteiger partial charge in [0.25, 0.3) is 0 Å². The quantitative estimate of drug-likeness (QED) is 0.890. The number of carbonyl (C=O) groups is 1. The Bertz CT molecular complexity index is 447. The first kappa shape index (κ1) is 14.1. The van der Waals surface area contributed by atoms with Crippen LogP contribution in [0, 0.1) is 5.82 Å². The second kappa shape index (κ2) is 6.75. The largest absolute Gasteiger partial charge is 0.374 e. The minimum atomic E-state index is -0.408. The van der Waals surface area contributed by atoms with E-state index in [-0.39, 0.29) is 24.2 Å². The van der Waals surface area contributed by atoms with Crippen molar-refractivity contribution in [3.05, 3.63) is 29.0 Å². The lowest BCUT2D eigenvalue weighted by molar-refractivity contribution is -0.120. The molecule has 19 heavy (non-hydrogen) atoms. The van der Waals surface area contributed by atoms with Crippen LogP contribution in [-0.2, 0) is 4.79 Å². The smallest absolute Gasteiger partial charge is 0.239 e. The number of halogens is 2. The van der Waals surface area contributed by atoms with Crippen molar-refractivity contribution in [2.75, 3.05) is 11.9 Å². The van der Waals surface area contributed by atoms with Crippen LogP contribution in [0.2, 0.25) is 5.02 Å². The fourth-order valence-electron chi connectivity index (χ4n) is 2.33. The first-order valence-corrected chi connectivity index (χ1v) is 7.01. The number of rotatable bonds is 4. The molecule has 0 unspecified atom stereocenters. The van der Waals surface area contributed by atoms with Crippen molar-refractivity contribution in [2.45, 2.75) is 38.1 Å². The third kappa shape index (κ3) is 4.39. The average Bonchev–Trinajstić information content (AvgIpc) is 2.41. The minimum Gasteiger partial charge on any atom is -0.374 e. The summed E-state index contributed by atoms with van der Waals surface area (Å²) < 4.78 is 13.4. The third-order valence-electron chi connectivity index (χ3n) is 3.34. The minimum absolute atomic E-state index is 0.0633. The van der Waals surface area contributed by atoms with Gasteiger partial charge in [-0.1, -0.05) is 30.9 Å². The molecular weight excluding hydrogens is 267 g/mol. The lowest BCUT2D eigenvalue weighted by atomic mass is 9.95. The van der Waals surface area contributed by atoms with Gasteiger partial charge in [0.1, 0.15) is 5.82 Å². The molecule has 1 amide bonds. The molecule has 1 aromatic carbocycles. The highest BCUT2D eigenvalue weighted by Gasteiger charge is 2.15.